The summed E-state index contributed by atoms with van der Waals surface area (Å²) in [6, 6.07) is 0. The normalized spacial score (nSPS) is 20.6. The Hall–Kier alpha value is -2.22. The Morgan fingerprint density at radius 2 is 2.00 bits per heavy atom. The lowest BCUT2D eigenvalue weighted by atomic mass is 9.86. The molecule has 1 aliphatic carbocycles. The topological polar surface area (TPSA) is 58.5 Å². The van der Waals surface area contributed by atoms with Gasteiger partial charge in [-0.05, 0) is 80.6 Å². The van der Waals surface area contributed by atoms with E-state index >= 15 is 0 Å². The molecule has 7 heteroatoms. The quantitative estimate of drug-likeness (QED) is 0.345. The van der Waals surface area contributed by atoms with Crippen molar-refractivity contribution in [1.29, 1.82) is 0 Å². The highest BCUT2D eigenvalue weighted by molar-refractivity contribution is 7.19. The fraction of sp³-hybridized carbons (Fsp3) is 0.586. The highest BCUT2D eigenvalue weighted by Gasteiger charge is 2.37. The molecule has 2 fully saturated rings. The van der Waals surface area contributed by atoms with Gasteiger partial charge in [0.25, 0.3) is 0 Å². The minimum absolute atomic E-state index is 0. The average Bonchev–Trinajstić information content (AvgIpc) is 3.61. The van der Waals surface area contributed by atoms with Crippen LogP contribution in [-0.4, -0.2) is 57.3 Å². The number of ether oxygens (including phenoxy) is 1. The highest BCUT2D eigenvalue weighted by atomic mass is 32.1. The second-order valence-electron chi connectivity index (χ2n) is 12.1. The fourth-order valence-corrected chi connectivity index (χ4v) is 8.52. The van der Waals surface area contributed by atoms with Crippen molar-refractivity contribution in [2.75, 3.05) is 32.8 Å². The molecule has 0 saturated carbocycles. The maximum Gasteiger partial charge on any atom is 0.158 e. The van der Waals surface area contributed by atoms with Crippen molar-refractivity contribution >= 4 is 27.2 Å². The number of fused-ring (bicyclic) bond motifs is 4. The Morgan fingerprint density at radius 3 is 2.72 bits per heavy atom. The number of pyridine rings is 1. The van der Waals surface area contributed by atoms with Gasteiger partial charge < -0.3 is 14.6 Å². The zero-order chi connectivity index (χ0) is 24.6. The lowest BCUT2D eigenvalue weighted by Gasteiger charge is -2.43. The number of aromatic nitrogens is 4. The van der Waals surface area contributed by atoms with E-state index in [4.69, 9.17) is 4.74 Å². The van der Waals surface area contributed by atoms with Crippen molar-refractivity contribution < 1.29 is 6.16 Å². The standard InChI is InChI=1S/C29H37N5OS.H2/c1-17(2)23-24-18(3)26(19-8-10-33(11-9-19)13-29(4)14-35-15-29)36-28(24)32-25(23)22-12-34-27(30-16-31-34)21-7-5-6-20(21)22;/h12,16-17,19,32H,5-11,13-15H2,1-4H3;1H. The van der Waals surface area contributed by atoms with E-state index in [9.17, 15) is 0 Å². The molecule has 2 saturated heterocycles. The van der Waals surface area contributed by atoms with Crippen LogP contribution in [0.25, 0.3) is 27.1 Å². The van der Waals surface area contributed by atoms with Gasteiger partial charge in [0.05, 0.1) is 18.9 Å². The largest absolute Gasteiger partial charge is 0.380 e. The summed E-state index contributed by atoms with van der Waals surface area (Å²) in [5, 5.41) is 5.99. The molecule has 6 heterocycles. The molecule has 6 nitrogen and oxygen atoms in total. The number of thiophene rings is 1. The molecular formula is C29H39N5OS. The SMILES string of the molecule is Cc1c(C2CCN(CC3(C)COC3)CC2)sc2[nH]c(-c3cn4ncnc4c4c3CCC4)c(C(C)C)c12.[HH]. The Labute approximate surface area is 218 Å². The highest BCUT2D eigenvalue weighted by Crippen LogP contribution is 2.47. The zero-order valence-electron chi connectivity index (χ0n) is 22.0. The molecule has 0 radical (unpaired) electrons. The molecule has 0 atom stereocenters. The minimum atomic E-state index is 0. The average molecular weight is 506 g/mol. The van der Waals surface area contributed by atoms with E-state index in [0.717, 1.165) is 31.7 Å². The number of piperidine rings is 1. The van der Waals surface area contributed by atoms with Gasteiger partial charge in [0.15, 0.2) is 5.65 Å². The van der Waals surface area contributed by atoms with E-state index in [0.29, 0.717) is 17.3 Å². The van der Waals surface area contributed by atoms with Gasteiger partial charge in [-0.3, -0.25) is 0 Å². The molecule has 0 aromatic carbocycles. The van der Waals surface area contributed by atoms with Gasteiger partial charge in [-0.15, -0.1) is 11.3 Å². The monoisotopic (exact) mass is 505 g/mol. The van der Waals surface area contributed by atoms with E-state index < -0.39 is 0 Å². The number of hydrogen-bond donors (Lipinski definition) is 1. The van der Waals surface area contributed by atoms with Crippen LogP contribution >= 0.6 is 11.3 Å². The summed E-state index contributed by atoms with van der Waals surface area (Å²) in [6.45, 7) is 14.9. The molecule has 0 spiro atoms. The summed E-state index contributed by atoms with van der Waals surface area (Å²) in [7, 11) is 0. The number of aromatic amines is 1. The van der Waals surface area contributed by atoms with Crippen molar-refractivity contribution in [3.8, 4) is 11.3 Å². The molecule has 2 aliphatic heterocycles. The third kappa shape index (κ3) is 3.50. The summed E-state index contributed by atoms with van der Waals surface area (Å²) in [5.74, 6) is 1.13. The smallest absolute Gasteiger partial charge is 0.158 e. The number of likely N-dealkylation sites (tertiary alicyclic amines) is 1. The van der Waals surface area contributed by atoms with Crippen molar-refractivity contribution in [3.05, 3.63) is 39.7 Å². The van der Waals surface area contributed by atoms with E-state index in [2.05, 4.69) is 53.9 Å². The van der Waals surface area contributed by atoms with Crippen molar-refractivity contribution in [2.24, 2.45) is 5.41 Å². The van der Waals surface area contributed by atoms with Crippen LogP contribution in [0.2, 0.25) is 0 Å². The summed E-state index contributed by atoms with van der Waals surface area (Å²) in [6.07, 6.45) is 9.87. The van der Waals surface area contributed by atoms with Gasteiger partial charge in [-0.2, -0.15) is 5.10 Å². The van der Waals surface area contributed by atoms with E-state index in [1.807, 2.05) is 15.9 Å². The molecule has 36 heavy (non-hydrogen) atoms. The predicted octanol–water partition coefficient (Wildman–Crippen LogP) is 6.32. The third-order valence-electron chi connectivity index (χ3n) is 8.91. The molecule has 4 aromatic rings. The molecule has 1 N–H and O–H groups in total. The Morgan fingerprint density at radius 1 is 1.22 bits per heavy atom. The maximum absolute atomic E-state index is 5.49. The van der Waals surface area contributed by atoms with Crippen LogP contribution in [0.4, 0.5) is 0 Å². The van der Waals surface area contributed by atoms with Crippen LogP contribution in [0.3, 0.4) is 0 Å². The molecule has 7 rings (SSSR count). The fourth-order valence-electron chi connectivity index (χ4n) is 7.13. The zero-order valence-corrected chi connectivity index (χ0v) is 22.8. The molecular weight excluding hydrogens is 466 g/mol. The van der Waals surface area contributed by atoms with Crippen molar-refractivity contribution in [3.63, 3.8) is 0 Å². The molecule has 0 bridgehead atoms. The van der Waals surface area contributed by atoms with Gasteiger partial charge in [-0.25, -0.2) is 9.50 Å². The number of nitrogens with zero attached hydrogens (tertiary/aromatic N) is 4. The number of aryl methyl sites for hydroxylation is 2. The second-order valence-corrected chi connectivity index (χ2v) is 13.2. The number of H-pyrrole nitrogens is 1. The van der Waals surface area contributed by atoms with Gasteiger partial charge in [0.1, 0.15) is 11.2 Å². The first kappa shape index (κ1) is 22.9. The maximum atomic E-state index is 5.49. The van der Waals surface area contributed by atoms with Crippen LogP contribution in [0.15, 0.2) is 12.5 Å². The van der Waals surface area contributed by atoms with Gasteiger partial charge in [0, 0.05) is 41.0 Å². The Kier molecular flexibility index (Phi) is 5.35. The van der Waals surface area contributed by atoms with Crippen molar-refractivity contribution in [2.45, 2.75) is 71.6 Å². The van der Waals surface area contributed by atoms with Crippen LogP contribution in [-0.2, 0) is 17.6 Å². The molecule has 3 aliphatic rings. The lowest BCUT2D eigenvalue weighted by Crippen LogP contribution is -2.50. The number of nitrogens with one attached hydrogen (secondary N) is 1. The summed E-state index contributed by atoms with van der Waals surface area (Å²) in [5.41, 5.74) is 9.91. The van der Waals surface area contributed by atoms with E-state index in [1.54, 1.807) is 11.2 Å². The third-order valence-corrected chi connectivity index (χ3v) is 10.3. The number of rotatable bonds is 5. The molecule has 0 amide bonds. The van der Waals surface area contributed by atoms with Crippen LogP contribution in [0, 0.1) is 12.3 Å². The van der Waals surface area contributed by atoms with Crippen molar-refractivity contribution in [1.82, 2.24) is 24.5 Å². The summed E-state index contributed by atoms with van der Waals surface area (Å²) in [4.78, 5) is 14.1. The first-order chi connectivity index (χ1) is 17.4. The lowest BCUT2D eigenvalue weighted by molar-refractivity contribution is -0.116. The summed E-state index contributed by atoms with van der Waals surface area (Å²) >= 11 is 2.02. The van der Waals surface area contributed by atoms with Gasteiger partial charge >= 0.3 is 0 Å². The molecule has 192 valence electrons. The molecule has 0 unspecified atom stereocenters. The van der Waals surface area contributed by atoms with E-state index in [1.165, 1.54) is 82.6 Å². The van der Waals surface area contributed by atoms with Crippen LogP contribution in [0.5, 0.6) is 0 Å². The van der Waals surface area contributed by atoms with E-state index in [-0.39, 0.29) is 1.43 Å². The Balaban J connectivity index is 0.00000252. The number of hydrogen-bond acceptors (Lipinski definition) is 5. The Bertz CT molecular complexity index is 1450. The second kappa shape index (κ2) is 8.40. The first-order valence-corrected chi connectivity index (χ1v) is 14.5. The predicted molar refractivity (Wildman–Crippen MR) is 148 cm³/mol. The van der Waals surface area contributed by atoms with Crippen LogP contribution < -0.4 is 0 Å². The minimum Gasteiger partial charge on any atom is -0.380 e. The van der Waals surface area contributed by atoms with Gasteiger partial charge in [0.2, 0.25) is 0 Å². The first-order valence-electron chi connectivity index (χ1n) is 13.7. The summed E-state index contributed by atoms with van der Waals surface area (Å²) < 4.78 is 7.47. The van der Waals surface area contributed by atoms with Gasteiger partial charge in [-0.1, -0.05) is 20.8 Å². The van der Waals surface area contributed by atoms with Crippen LogP contribution in [0.1, 0.15) is 80.4 Å². The molecule has 4 aromatic heterocycles.